The second kappa shape index (κ2) is 10.9. The zero-order valence-electron chi connectivity index (χ0n) is 18.1. The number of nitrogens with zero attached hydrogens (tertiary/aromatic N) is 2. The molecule has 0 atom stereocenters. The molecule has 2 amide bonds. The van der Waals surface area contributed by atoms with Gasteiger partial charge in [-0.15, -0.1) is 0 Å². The van der Waals surface area contributed by atoms with Crippen molar-refractivity contribution in [1.29, 1.82) is 0 Å². The molecule has 32 heavy (non-hydrogen) atoms. The first-order valence-electron chi connectivity index (χ1n) is 10.8. The second-order valence-electron chi connectivity index (χ2n) is 7.75. The molecule has 7 heteroatoms. The van der Waals surface area contributed by atoms with Crippen LogP contribution in [0.4, 0.5) is 23.7 Å². The van der Waals surface area contributed by atoms with Crippen LogP contribution in [0.15, 0.2) is 72.9 Å². The number of nitrogens with one attached hydrogen (secondary N) is 1. The molecule has 0 aliphatic rings. The van der Waals surface area contributed by atoms with Crippen molar-refractivity contribution in [1.82, 2.24) is 9.47 Å². The average Bonchev–Trinajstić information content (AvgIpc) is 3.20. The van der Waals surface area contributed by atoms with Crippen LogP contribution in [0.3, 0.4) is 0 Å². The van der Waals surface area contributed by atoms with E-state index in [0.29, 0.717) is 19.6 Å². The minimum atomic E-state index is -4.46. The molecule has 0 aliphatic heterocycles. The Morgan fingerprint density at radius 1 is 1.00 bits per heavy atom. The third-order valence-corrected chi connectivity index (χ3v) is 5.23. The maximum atomic E-state index is 13.0. The minimum Gasteiger partial charge on any atom is -0.345 e. The van der Waals surface area contributed by atoms with Crippen LogP contribution in [0.25, 0.3) is 0 Å². The van der Waals surface area contributed by atoms with Gasteiger partial charge in [0.2, 0.25) is 0 Å². The Labute approximate surface area is 186 Å². The number of hydrogen-bond donors (Lipinski definition) is 1. The van der Waals surface area contributed by atoms with Crippen LogP contribution in [-0.4, -0.2) is 22.0 Å². The molecule has 3 rings (SSSR count). The molecular weight excluding hydrogens is 415 g/mol. The summed E-state index contributed by atoms with van der Waals surface area (Å²) in [6.45, 7) is 3.66. The van der Waals surface area contributed by atoms with E-state index in [1.807, 2.05) is 48.7 Å². The Hall–Kier alpha value is -3.22. The third-order valence-electron chi connectivity index (χ3n) is 5.23. The lowest BCUT2D eigenvalue weighted by Crippen LogP contribution is -2.36. The first-order valence-corrected chi connectivity index (χ1v) is 10.8. The van der Waals surface area contributed by atoms with Crippen LogP contribution >= 0.6 is 0 Å². The van der Waals surface area contributed by atoms with Crippen molar-refractivity contribution in [3.63, 3.8) is 0 Å². The molecule has 0 saturated heterocycles. The number of amides is 2. The van der Waals surface area contributed by atoms with Gasteiger partial charge in [-0.1, -0.05) is 56.2 Å². The first-order chi connectivity index (χ1) is 15.4. The first kappa shape index (κ1) is 23.4. The molecule has 0 saturated carbocycles. The van der Waals surface area contributed by atoms with E-state index in [1.54, 1.807) is 4.90 Å². The van der Waals surface area contributed by atoms with Gasteiger partial charge in [0, 0.05) is 30.7 Å². The fraction of sp³-hybridized carbons (Fsp3) is 0.320. The zero-order valence-corrected chi connectivity index (χ0v) is 18.1. The van der Waals surface area contributed by atoms with Crippen molar-refractivity contribution in [2.24, 2.45) is 0 Å². The van der Waals surface area contributed by atoms with E-state index in [-0.39, 0.29) is 5.69 Å². The molecule has 0 aliphatic carbocycles. The van der Waals surface area contributed by atoms with Gasteiger partial charge in [-0.2, -0.15) is 13.2 Å². The fourth-order valence-electron chi connectivity index (χ4n) is 3.50. The summed E-state index contributed by atoms with van der Waals surface area (Å²) in [5.74, 6) is 0. The molecule has 1 heterocycles. The number of rotatable bonds is 9. The lowest BCUT2D eigenvalue weighted by Gasteiger charge is -2.24. The van der Waals surface area contributed by atoms with Crippen LogP contribution in [0.1, 0.15) is 43.0 Å². The van der Waals surface area contributed by atoms with E-state index in [4.69, 9.17) is 0 Å². The number of unbranched alkanes of at least 4 members (excludes halogenated alkanes) is 2. The van der Waals surface area contributed by atoms with Crippen molar-refractivity contribution >= 4 is 11.7 Å². The molecule has 0 unspecified atom stereocenters. The molecule has 3 aromatic rings. The number of aromatic nitrogens is 1. The largest absolute Gasteiger partial charge is 0.416 e. The lowest BCUT2D eigenvalue weighted by atomic mass is 10.2. The van der Waals surface area contributed by atoms with Crippen molar-refractivity contribution in [3.05, 3.63) is 89.7 Å². The summed E-state index contributed by atoms with van der Waals surface area (Å²) in [5, 5.41) is 2.64. The van der Waals surface area contributed by atoms with Gasteiger partial charge in [-0.3, -0.25) is 0 Å². The van der Waals surface area contributed by atoms with E-state index in [0.717, 1.165) is 42.7 Å². The Morgan fingerprint density at radius 3 is 2.50 bits per heavy atom. The van der Waals surface area contributed by atoms with Gasteiger partial charge in [0.05, 0.1) is 12.1 Å². The standard InChI is InChI=1S/C25H28F3N3O/c1-2-3-7-15-31(24(32)29-22-13-8-12-21(17-22)25(26,27)28)19-23-14-9-16-30(23)18-20-10-5-4-6-11-20/h4-6,8-14,16-17H,2-3,7,15,18-19H2,1H3,(H,29,32). The molecule has 0 spiro atoms. The number of benzene rings is 2. The van der Waals surface area contributed by atoms with Crippen LogP contribution in [0.5, 0.6) is 0 Å². The van der Waals surface area contributed by atoms with E-state index < -0.39 is 17.8 Å². The van der Waals surface area contributed by atoms with E-state index >= 15 is 0 Å². The predicted molar refractivity (Wildman–Crippen MR) is 120 cm³/mol. The van der Waals surface area contributed by atoms with Crippen molar-refractivity contribution in [3.8, 4) is 0 Å². The van der Waals surface area contributed by atoms with Gasteiger partial charge in [-0.25, -0.2) is 4.79 Å². The lowest BCUT2D eigenvalue weighted by molar-refractivity contribution is -0.137. The number of carbonyl (C=O) groups is 1. The SMILES string of the molecule is CCCCCN(Cc1cccn1Cc1ccccc1)C(=O)Nc1cccc(C(F)(F)F)c1. The van der Waals surface area contributed by atoms with Crippen molar-refractivity contribution in [2.45, 2.75) is 45.5 Å². The summed E-state index contributed by atoms with van der Waals surface area (Å²) in [5.41, 5.74) is 1.45. The zero-order chi connectivity index (χ0) is 23.0. The molecular formula is C25H28F3N3O. The van der Waals surface area contributed by atoms with E-state index in [2.05, 4.69) is 16.8 Å². The Bertz CT molecular complexity index is 999. The van der Waals surface area contributed by atoms with Gasteiger partial charge >= 0.3 is 12.2 Å². The number of anilines is 1. The highest BCUT2D eigenvalue weighted by Crippen LogP contribution is 2.30. The second-order valence-corrected chi connectivity index (χ2v) is 7.75. The molecule has 4 nitrogen and oxygen atoms in total. The number of halogens is 3. The van der Waals surface area contributed by atoms with Crippen molar-refractivity contribution in [2.75, 3.05) is 11.9 Å². The van der Waals surface area contributed by atoms with Crippen molar-refractivity contribution < 1.29 is 18.0 Å². The van der Waals surface area contributed by atoms with Crippen LogP contribution in [0.2, 0.25) is 0 Å². The molecule has 1 N–H and O–H groups in total. The number of carbonyl (C=O) groups excluding carboxylic acids is 1. The number of alkyl halides is 3. The predicted octanol–water partition coefficient (Wildman–Crippen LogP) is 6.78. The van der Waals surface area contributed by atoms with Crippen LogP contribution in [0, 0.1) is 0 Å². The van der Waals surface area contributed by atoms with E-state index in [1.165, 1.54) is 12.1 Å². The molecule has 0 radical (unpaired) electrons. The van der Waals surface area contributed by atoms with Gasteiger partial charge in [0.25, 0.3) is 0 Å². The normalized spacial score (nSPS) is 11.4. The maximum Gasteiger partial charge on any atom is 0.416 e. The summed E-state index contributed by atoms with van der Waals surface area (Å²) >= 11 is 0. The highest BCUT2D eigenvalue weighted by atomic mass is 19.4. The highest BCUT2D eigenvalue weighted by Gasteiger charge is 2.30. The quantitative estimate of drug-likeness (QED) is 0.364. The molecule has 2 aromatic carbocycles. The molecule has 1 aromatic heterocycles. The number of urea groups is 1. The molecule has 170 valence electrons. The summed E-state index contributed by atoms with van der Waals surface area (Å²) in [6.07, 6.45) is 0.314. The third kappa shape index (κ3) is 6.64. The molecule has 0 fully saturated rings. The monoisotopic (exact) mass is 443 g/mol. The van der Waals surface area contributed by atoms with Crippen LogP contribution in [-0.2, 0) is 19.3 Å². The fourth-order valence-corrected chi connectivity index (χ4v) is 3.50. The van der Waals surface area contributed by atoms with Gasteiger partial charge < -0.3 is 14.8 Å². The van der Waals surface area contributed by atoms with Crippen LogP contribution < -0.4 is 5.32 Å². The topological polar surface area (TPSA) is 37.3 Å². The summed E-state index contributed by atoms with van der Waals surface area (Å²) in [4.78, 5) is 14.6. The number of hydrogen-bond acceptors (Lipinski definition) is 1. The molecule has 0 bridgehead atoms. The van der Waals surface area contributed by atoms with Gasteiger partial charge in [0.15, 0.2) is 0 Å². The highest BCUT2D eigenvalue weighted by molar-refractivity contribution is 5.89. The van der Waals surface area contributed by atoms with Gasteiger partial charge in [-0.05, 0) is 42.3 Å². The Balaban J connectivity index is 1.74. The maximum absolute atomic E-state index is 13.0. The summed E-state index contributed by atoms with van der Waals surface area (Å²) < 4.78 is 41.1. The van der Waals surface area contributed by atoms with E-state index in [9.17, 15) is 18.0 Å². The Morgan fingerprint density at radius 2 is 1.78 bits per heavy atom. The summed E-state index contributed by atoms with van der Waals surface area (Å²) in [6, 6.07) is 18.2. The van der Waals surface area contributed by atoms with Gasteiger partial charge in [0.1, 0.15) is 0 Å². The smallest absolute Gasteiger partial charge is 0.345 e. The summed E-state index contributed by atoms with van der Waals surface area (Å²) in [7, 11) is 0. The minimum absolute atomic E-state index is 0.130. The Kier molecular flexibility index (Phi) is 7.98. The average molecular weight is 444 g/mol.